The number of nitrogens with zero attached hydrogens (tertiary/aromatic N) is 1. The number of ether oxygens (including phenoxy) is 2. The maximum Gasteiger partial charge on any atom is 0.231 e. The first-order valence-corrected chi connectivity index (χ1v) is 10.6. The molecule has 0 aromatic heterocycles. The molecule has 154 valence electrons. The van der Waals surface area contributed by atoms with Gasteiger partial charge in [0.25, 0.3) is 0 Å². The molecule has 0 bridgehead atoms. The molecule has 1 aliphatic heterocycles. The molecule has 3 rings (SSSR count). The van der Waals surface area contributed by atoms with E-state index < -0.39 is 0 Å². The highest BCUT2D eigenvalue weighted by atomic mass is 16.7. The van der Waals surface area contributed by atoms with Crippen molar-refractivity contribution < 1.29 is 19.1 Å². The third-order valence-electron chi connectivity index (χ3n) is 5.66. The van der Waals surface area contributed by atoms with Gasteiger partial charge in [-0.3, -0.25) is 9.59 Å². The molecule has 2 amide bonds. The number of anilines is 1. The van der Waals surface area contributed by atoms with Crippen LogP contribution in [0.15, 0.2) is 18.2 Å². The van der Waals surface area contributed by atoms with Gasteiger partial charge in [-0.05, 0) is 37.3 Å². The van der Waals surface area contributed by atoms with Gasteiger partial charge in [-0.15, -0.1) is 0 Å². The Hall–Kier alpha value is -2.24. The molecule has 2 aliphatic rings. The molecule has 0 atom stereocenters. The maximum absolute atomic E-state index is 12.4. The zero-order valence-corrected chi connectivity index (χ0v) is 16.9. The number of benzene rings is 1. The Bertz CT molecular complexity index is 671. The molecule has 0 spiro atoms. The number of carbonyl (C=O) groups excluding carboxylic acids is 2. The Balaban J connectivity index is 1.39. The predicted octanol–water partition coefficient (Wildman–Crippen LogP) is 4.03. The Labute approximate surface area is 167 Å². The number of hydrogen-bond donors (Lipinski definition) is 1. The molecular formula is C22H32N2O4. The fourth-order valence-electron chi connectivity index (χ4n) is 3.99. The van der Waals surface area contributed by atoms with E-state index in [1.807, 2.05) is 25.1 Å². The van der Waals surface area contributed by atoms with Crippen LogP contribution in [0.4, 0.5) is 5.69 Å². The number of amides is 2. The maximum atomic E-state index is 12.4. The lowest BCUT2D eigenvalue weighted by atomic mass is 10.0. The van der Waals surface area contributed by atoms with E-state index in [0.717, 1.165) is 30.9 Å². The number of fused-ring (bicyclic) bond motifs is 1. The van der Waals surface area contributed by atoms with E-state index >= 15 is 0 Å². The first kappa shape index (κ1) is 20.5. The molecule has 1 N–H and O–H groups in total. The molecule has 0 radical (unpaired) electrons. The molecule has 0 saturated heterocycles. The van der Waals surface area contributed by atoms with Crippen LogP contribution in [0.2, 0.25) is 0 Å². The van der Waals surface area contributed by atoms with Crippen molar-refractivity contribution in [2.75, 3.05) is 24.8 Å². The largest absolute Gasteiger partial charge is 0.454 e. The standard InChI is InChI=1S/C22H32N2O4/c1-2-22(26)24(18-10-11-19-20(15-18)28-16-27-19)14-6-5-13-23-21(25)12-9-17-7-3-4-8-17/h10-11,15,17H,2-9,12-14,16H2,1H3,(H,23,25). The molecule has 0 unspecified atom stereocenters. The van der Waals surface area contributed by atoms with E-state index in [0.29, 0.717) is 37.4 Å². The minimum Gasteiger partial charge on any atom is -0.454 e. The van der Waals surface area contributed by atoms with E-state index in [1.165, 1.54) is 25.7 Å². The van der Waals surface area contributed by atoms with Gasteiger partial charge < -0.3 is 19.7 Å². The van der Waals surface area contributed by atoms with Crippen LogP contribution in [0.3, 0.4) is 0 Å². The zero-order valence-electron chi connectivity index (χ0n) is 16.9. The van der Waals surface area contributed by atoms with Crippen LogP contribution in [0.25, 0.3) is 0 Å². The molecule has 6 nitrogen and oxygen atoms in total. The van der Waals surface area contributed by atoms with Crippen molar-refractivity contribution in [2.45, 2.75) is 64.7 Å². The fraction of sp³-hybridized carbons (Fsp3) is 0.636. The second-order valence-electron chi connectivity index (χ2n) is 7.68. The SMILES string of the molecule is CCC(=O)N(CCCCNC(=O)CCC1CCCC1)c1ccc2c(c1)OCO2. The molecule has 1 aromatic carbocycles. The normalized spacial score (nSPS) is 15.6. The van der Waals surface area contributed by atoms with Crippen molar-refractivity contribution in [2.24, 2.45) is 5.92 Å². The van der Waals surface area contributed by atoms with Crippen molar-refractivity contribution in [3.8, 4) is 11.5 Å². The zero-order chi connectivity index (χ0) is 19.8. The molecule has 1 saturated carbocycles. The summed E-state index contributed by atoms with van der Waals surface area (Å²) in [5.74, 6) is 2.39. The lowest BCUT2D eigenvalue weighted by molar-refractivity contribution is -0.121. The third kappa shape index (κ3) is 5.63. The van der Waals surface area contributed by atoms with Crippen LogP contribution in [0.5, 0.6) is 11.5 Å². The van der Waals surface area contributed by atoms with Crippen LogP contribution in [0, 0.1) is 5.92 Å². The van der Waals surface area contributed by atoms with Crippen LogP contribution in [-0.4, -0.2) is 31.7 Å². The highest BCUT2D eigenvalue weighted by Crippen LogP contribution is 2.35. The van der Waals surface area contributed by atoms with E-state index in [9.17, 15) is 9.59 Å². The lowest BCUT2D eigenvalue weighted by Crippen LogP contribution is -2.32. The number of carbonyl (C=O) groups is 2. The molecular weight excluding hydrogens is 356 g/mol. The monoisotopic (exact) mass is 388 g/mol. The topological polar surface area (TPSA) is 67.9 Å². The Morgan fingerprint density at radius 1 is 1.14 bits per heavy atom. The van der Waals surface area contributed by atoms with Gasteiger partial charge >= 0.3 is 0 Å². The Kier molecular flexibility index (Phi) is 7.57. The Morgan fingerprint density at radius 3 is 2.71 bits per heavy atom. The smallest absolute Gasteiger partial charge is 0.231 e. The second-order valence-corrected chi connectivity index (χ2v) is 7.68. The van der Waals surface area contributed by atoms with Gasteiger partial charge in [-0.25, -0.2) is 0 Å². The minimum absolute atomic E-state index is 0.0828. The summed E-state index contributed by atoms with van der Waals surface area (Å²) in [7, 11) is 0. The average molecular weight is 389 g/mol. The van der Waals surface area contributed by atoms with Crippen molar-refractivity contribution in [3.63, 3.8) is 0 Å². The van der Waals surface area contributed by atoms with Gasteiger partial charge in [0, 0.05) is 37.7 Å². The van der Waals surface area contributed by atoms with Crippen molar-refractivity contribution >= 4 is 17.5 Å². The summed E-state index contributed by atoms with van der Waals surface area (Å²) in [4.78, 5) is 26.2. The van der Waals surface area contributed by atoms with Crippen molar-refractivity contribution in [1.82, 2.24) is 5.32 Å². The summed E-state index contributed by atoms with van der Waals surface area (Å²) in [6.07, 6.45) is 9.02. The van der Waals surface area contributed by atoms with Gasteiger partial charge in [-0.1, -0.05) is 32.6 Å². The quantitative estimate of drug-likeness (QED) is 0.615. The lowest BCUT2D eigenvalue weighted by Gasteiger charge is -2.22. The molecule has 1 aromatic rings. The van der Waals surface area contributed by atoms with Crippen molar-refractivity contribution in [3.05, 3.63) is 18.2 Å². The minimum atomic E-state index is 0.0828. The average Bonchev–Trinajstić information content (AvgIpc) is 3.39. The van der Waals surface area contributed by atoms with Crippen LogP contribution in [0.1, 0.15) is 64.7 Å². The van der Waals surface area contributed by atoms with Gasteiger partial charge in [-0.2, -0.15) is 0 Å². The van der Waals surface area contributed by atoms with Gasteiger partial charge in [0.2, 0.25) is 18.6 Å². The Morgan fingerprint density at radius 2 is 1.93 bits per heavy atom. The summed E-state index contributed by atoms with van der Waals surface area (Å²) in [5, 5.41) is 3.02. The number of nitrogens with one attached hydrogen (secondary N) is 1. The van der Waals surface area contributed by atoms with Crippen LogP contribution in [-0.2, 0) is 9.59 Å². The summed E-state index contributed by atoms with van der Waals surface area (Å²) in [6.45, 7) is 3.39. The van der Waals surface area contributed by atoms with Crippen LogP contribution >= 0.6 is 0 Å². The molecule has 28 heavy (non-hydrogen) atoms. The number of hydrogen-bond acceptors (Lipinski definition) is 4. The van der Waals surface area contributed by atoms with Gasteiger partial charge in [0.15, 0.2) is 11.5 Å². The fourth-order valence-corrected chi connectivity index (χ4v) is 3.99. The second kappa shape index (κ2) is 10.3. The van der Waals surface area contributed by atoms with E-state index in [1.54, 1.807) is 4.90 Å². The number of unbranched alkanes of at least 4 members (excludes halogenated alkanes) is 1. The molecule has 1 fully saturated rings. The molecule has 6 heteroatoms. The summed E-state index contributed by atoms with van der Waals surface area (Å²) < 4.78 is 10.8. The summed E-state index contributed by atoms with van der Waals surface area (Å²) in [5.41, 5.74) is 0.830. The van der Waals surface area contributed by atoms with E-state index in [-0.39, 0.29) is 18.6 Å². The highest BCUT2D eigenvalue weighted by molar-refractivity contribution is 5.93. The highest BCUT2D eigenvalue weighted by Gasteiger charge is 2.19. The summed E-state index contributed by atoms with van der Waals surface area (Å²) in [6, 6.07) is 5.60. The predicted molar refractivity (Wildman–Crippen MR) is 109 cm³/mol. The molecule has 1 aliphatic carbocycles. The third-order valence-corrected chi connectivity index (χ3v) is 5.66. The summed E-state index contributed by atoms with van der Waals surface area (Å²) >= 11 is 0. The number of rotatable bonds is 10. The molecule has 1 heterocycles. The van der Waals surface area contributed by atoms with Crippen LogP contribution < -0.4 is 19.7 Å². The first-order chi connectivity index (χ1) is 13.7. The van der Waals surface area contributed by atoms with E-state index in [4.69, 9.17) is 9.47 Å². The first-order valence-electron chi connectivity index (χ1n) is 10.6. The van der Waals surface area contributed by atoms with Gasteiger partial charge in [0.05, 0.1) is 0 Å². The van der Waals surface area contributed by atoms with E-state index in [2.05, 4.69) is 5.32 Å². The van der Waals surface area contributed by atoms with Gasteiger partial charge in [0.1, 0.15) is 0 Å². The van der Waals surface area contributed by atoms with Crippen molar-refractivity contribution in [1.29, 1.82) is 0 Å².